The van der Waals surface area contributed by atoms with Crippen LogP contribution in [0.4, 0.5) is 0 Å². The summed E-state index contributed by atoms with van der Waals surface area (Å²) in [6.45, 7) is 0. The van der Waals surface area contributed by atoms with E-state index in [4.69, 9.17) is 0 Å². The molecule has 0 aromatic carbocycles. The molecule has 2 unspecified atom stereocenters. The van der Waals surface area contributed by atoms with Crippen LogP contribution in [0, 0.1) is 0 Å². The minimum atomic E-state index is 0.199. The standard InChI is InChI=1S/C5H5P5/c1-2-4-10-5(3-1)6-7-8-9-10/h1-4,9H. The molecule has 0 amide bonds. The van der Waals surface area contributed by atoms with E-state index in [1.807, 2.05) is 0 Å². The fourth-order valence-corrected chi connectivity index (χ4v) is 21.1. The highest BCUT2D eigenvalue weighted by Crippen LogP contribution is 2.73. The molecule has 0 saturated heterocycles. The lowest BCUT2D eigenvalue weighted by Gasteiger charge is -2.15. The van der Waals surface area contributed by atoms with Crippen molar-refractivity contribution >= 4 is 43.6 Å². The third-order valence-electron chi connectivity index (χ3n) is 1.18. The van der Waals surface area contributed by atoms with Gasteiger partial charge in [0.05, 0.1) is 0 Å². The molecule has 5 heteroatoms. The van der Waals surface area contributed by atoms with Gasteiger partial charge in [-0.3, -0.25) is 0 Å². The maximum Gasteiger partial charge on any atom is 0.0165 e. The number of hydrogen-bond acceptors (Lipinski definition) is 0. The molecule has 2 heterocycles. The average Bonchev–Trinajstić information content (AvgIpc) is 2.05. The fourth-order valence-electron chi connectivity index (χ4n) is 0.736. The van der Waals surface area contributed by atoms with E-state index < -0.39 is 0 Å². The van der Waals surface area contributed by atoms with Crippen molar-refractivity contribution in [3.8, 4) is 0 Å². The molecule has 0 N–H and O–H groups in total. The first-order valence-corrected chi connectivity index (χ1v) is 11.0. The Labute approximate surface area is 68.0 Å². The highest BCUT2D eigenvalue weighted by atomic mass is 32.6. The molecule has 2 rings (SSSR count). The van der Waals surface area contributed by atoms with Crippen LogP contribution in [0.1, 0.15) is 0 Å². The molecule has 0 nitrogen and oxygen atoms in total. The van der Waals surface area contributed by atoms with Gasteiger partial charge in [0.2, 0.25) is 0 Å². The lowest BCUT2D eigenvalue weighted by molar-refractivity contribution is 2.05. The van der Waals surface area contributed by atoms with Gasteiger partial charge in [0.25, 0.3) is 0 Å². The minimum Gasteiger partial charge on any atom is -0.0612 e. The van der Waals surface area contributed by atoms with E-state index >= 15 is 0 Å². The average molecular weight is 220 g/mol. The fraction of sp³-hybridized carbons (Fsp3) is 0. The Hall–Kier alpha value is 1.11. The van der Waals surface area contributed by atoms with Crippen molar-refractivity contribution in [1.82, 2.24) is 0 Å². The van der Waals surface area contributed by atoms with Gasteiger partial charge in [-0.25, -0.2) is 0 Å². The lowest BCUT2D eigenvalue weighted by atomic mass is 10.5. The first-order chi connectivity index (χ1) is 4.97. The quantitative estimate of drug-likeness (QED) is 0.510. The molecular weight excluding hydrogens is 215 g/mol. The smallest absolute Gasteiger partial charge is 0.0165 e. The van der Waals surface area contributed by atoms with E-state index in [1.165, 1.54) is 7.96 Å². The normalized spacial score (nSPS) is 35.2. The second-order valence-corrected chi connectivity index (χ2v) is 13.9. The molecule has 50 valence electrons. The number of hydrogen-bond donors (Lipinski definition) is 0. The summed E-state index contributed by atoms with van der Waals surface area (Å²) in [6.07, 6.45) is 6.68. The molecule has 0 spiro atoms. The molecular formula is C5H5P5. The molecule has 0 aromatic heterocycles. The van der Waals surface area contributed by atoms with Gasteiger partial charge < -0.3 is 0 Å². The van der Waals surface area contributed by atoms with Crippen LogP contribution >= 0.6 is 38.6 Å². The van der Waals surface area contributed by atoms with Crippen LogP contribution in [0.3, 0.4) is 0 Å². The third kappa shape index (κ3) is 1.64. The Morgan fingerprint density at radius 3 is 3.30 bits per heavy atom. The summed E-state index contributed by atoms with van der Waals surface area (Å²) in [6, 6.07) is 0. The first kappa shape index (κ1) is 7.74. The number of fused-ring (bicyclic) bond motifs is 1. The molecule has 2 atom stereocenters. The zero-order valence-corrected chi connectivity index (χ0v) is 9.68. The topological polar surface area (TPSA) is 0 Å². The van der Waals surface area contributed by atoms with Gasteiger partial charge in [-0.2, -0.15) is 0 Å². The SMILES string of the molecule is C1=CC2=PP=PPP2C=C1. The van der Waals surface area contributed by atoms with E-state index in [-0.39, 0.29) is 7.61 Å². The molecule has 0 saturated carbocycles. The summed E-state index contributed by atoms with van der Waals surface area (Å²) in [5.74, 6) is 2.40. The molecule has 2 aliphatic rings. The maximum atomic E-state index is 2.40. The summed E-state index contributed by atoms with van der Waals surface area (Å²) in [5.41, 5.74) is 0. The summed E-state index contributed by atoms with van der Waals surface area (Å²) >= 11 is 0. The second-order valence-electron chi connectivity index (χ2n) is 1.82. The summed E-state index contributed by atoms with van der Waals surface area (Å²) in [4.78, 5) is 0. The van der Waals surface area contributed by atoms with Gasteiger partial charge >= 0.3 is 0 Å². The van der Waals surface area contributed by atoms with Crippen LogP contribution in [-0.2, 0) is 0 Å². The second kappa shape index (κ2) is 3.68. The molecule has 0 aliphatic carbocycles. The van der Waals surface area contributed by atoms with Gasteiger partial charge in [-0.1, -0.05) is 18.0 Å². The van der Waals surface area contributed by atoms with E-state index in [2.05, 4.69) is 24.0 Å². The van der Waals surface area contributed by atoms with Crippen molar-refractivity contribution in [2.75, 3.05) is 0 Å². The lowest BCUT2D eigenvalue weighted by Crippen LogP contribution is -1.82. The predicted octanol–water partition coefficient (Wildman–Crippen LogP) is 4.87. The van der Waals surface area contributed by atoms with Gasteiger partial charge in [-0.15, -0.1) is 0 Å². The largest absolute Gasteiger partial charge is 0.0612 e. The zero-order chi connectivity index (χ0) is 6.81. The third-order valence-corrected chi connectivity index (χ3v) is 17.6. The minimum absolute atomic E-state index is 0.199. The van der Waals surface area contributed by atoms with Crippen molar-refractivity contribution in [3.05, 3.63) is 24.0 Å². The molecule has 0 fully saturated rings. The molecule has 2 aliphatic heterocycles. The Morgan fingerprint density at radius 2 is 2.40 bits per heavy atom. The highest BCUT2D eigenvalue weighted by Gasteiger charge is 2.11. The van der Waals surface area contributed by atoms with E-state index in [0.717, 1.165) is 0 Å². The van der Waals surface area contributed by atoms with Gasteiger partial charge in [-0.05, 0) is 44.6 Å². The summed E-state index contributed by atoms with van der Waals surface area (Å²) in [7, 11) is 6.19. The molecule has 0 aromatic rings. The van der Waals surface area contributed by atoms with Crippen molar-refractivity contribution in [1.29, 1.82) is 0 Å². The van der Waals surface area contributed by atoms with Crippen molar-refractivity contribution < 1.29 is 0 Å². The van der Waals surface area contributed by atoms with Crippen LogP contribution in [0.15, 0.2) is 24.0 Å². The van der Waals surface area contributed by atoms with Crippen LogP contribution in [0.5, 0.6) is 0 Å². The van der Waals surface area contributed by atoms with E-state index in [9.17, 15) is 0 Å². The van der Waals surface area contributed by atoms with Gasteiger partial charge in [0, 0.05) is 5.03 Å². The predicted molar refractivity (Wildman–Crippen MR) is 59.3 cm³/mol. The molecule has 0 radical (unpaired) electrons. The first-order valence-electron chi connectivity index (χ1n) is 2.84. The summed E-state index contributed by atoms with van der Waals surface area (Å²) < 4.78 is 0. The van der Waals surface area contributed by atoms with Crippen molar-refractivity contribution in [3.63, 3.8) is 0 Å². The van der Waals surface area contributed by atoms with Crippen molar-refractivity contribution in [2.45, 2.75) is 0 Å². The van der Waals surface area contributed by atoms with Gasteiger partial charge in [0.15, 0.2) is 0 Å². The summed E-state index contributed by atoms with van der Waals surface area (Å²) in [5, 5.41) is 1.69. The van der Waals surface area contributed by atoms with E-state index in [0.29, 0.717) is 0 Å². The van der Waals surface area contributed by atoms with E-state index in [1.54, 1.807) is 28.0 Å². The Kier molecular flexibility index (Phi) is 2.85. The molecule has 0 bridgehead atoms. The Balaban J connectivity index is 2.34. The Bertz CT molecular complexity index is 249. The number of allylic oxidation sites excluding steroid dienone is 3. The van der Waals surface area contributed by atoms with Crippen LogP contribution < -0.4 is 0 Å². The zero-order valence-electron chi connectivity index (χ0n) is 5.10. The van der Waals surface area contributed by atoms with Crippen LogP contribution in [0.25, 0.3) is 0 Å². The number of rotatable bonds is 0. The van der Waals surface area contributed by atoms with Crippen LogP contribution in [-0.4, -0.2) is 5.03 Å². The van der Waals surface area contributed by atoms with Crippen molar-refractivity contribution in [2.24, 2.45) is 0 Å². The van der Waals surface area contributed by atoms with Gasteiger partial charge in [0.1, 0.15) is 0 Å². The highest BCUT2D eigenvalue weighted by molar-refractivity contribution is 8.65. The Morgan fingerprint density at radius 1 is 1.40 bits per heavy atom. The maximum absolute atomic E-state index is 2.40. The monoisotopic (exact) mass is 220 g/mol. The molecule has 10 heavy (non-hydrogen) atoms. The van der Waals surface area contributed by atoms with Crippen LogP contribution in [0.2, 0.25) is 0 Å².